The summed E-state index contributed by atoms with van der Waals surface area (Å²) in [5.41, 5.74) is 2.12. The number of nitrogens with zero attached hydrogens (tertiary/aromatic N) is 4. The molecule has 1 aromatic carbocycles. The summed E-state index contributed by atoms with van der Waals surface area (Å²) in [4.78, 5) is 13.8. The van der Waals surface area contributed by atoms with E-state index in [2.05, 4.69) is 38.0 Å². The molecule has 1 aromatic heterocycles. The average Bonchev–Trinajstić information content (AvgIpc) is 3.29. The Hall–Kier alpha value is -1.93. The van der Waals surface area contributed by atoms with Gasteiger partial charge in [-0.05, 0) is 62.6 Å². The van der Waals surface area contributed by atoms with Gasteiger partial charge in [0.1, 0.15) is 22.3 Å². The van der Waals surface area contributed by atoms with E-state index in [1.807, 2.05) is 0 Å². The van der Waals surface area contributed by atoms with E-state index >= 15 is 0 Å². The number of ether oxygens (including phenoxy) is 1. The molecule has 8 heteroatoms. The monoisotopic (exact) mass is 444 g/mol. The minimum absolute atomic E-state index is 0.278. The van der Waals surface area contributed by atoms with E-state index in [9.17, 15) is 8.42 Å². The van der Waals surface area contributed by atoms with E-state index < -0.39 is 9.84 Å². The smallest absolute Gasteiger partial charge is 0.224 e. The van der Waals surface area contributed by atoms with Crippen molar-refractivity contribution in [1.82, 2.24) is 14.9 Å². The zero-order valence-corrected chi connectivity index (χ0v) is 18.9. The number of anilines is 1. The highest BCUT2D eigenvalue weighted by atomic mass is 32.2. The first kappa shape index (κ1) is 20.9. The van der Waals surface area contributed by atoms with E-state index in [1.165, 1.54) is 18.5 Å². The topological polar surface area (TPSA) is 75.6 Å². The van der Waals surface area contributed by atoms with Crippen molar-refractivity contribution in [2.75, 3.05) is 49.1 Å². The van der Waals surface area contributed by atoms with Crippen molar-refractivity contribution in [3.63, 3.8) is 0 Å². The van der Waals surface area contributed by atoms with Gasteiger partial charge in [-0.3, -0.25) is 4.90 Å². The Labute approximate surface area is 184 Å². The van der Waals surface area contributed by atoms with Gasteiger partial charge in [-0.2, -0.15) is 0 Å². The highest BCUT2D eigenvalue weighted by Crippen LogP contribution is 2.31. The fraction of sp³-hybridized carbons (Fsp3) is 0.652. The minimum atomic E-state index is -2.78. The molecular formula is C23H32N4O3S. The van der Waals surface area contributed by atoms with Gasteiger partial charge in [-0.1, -0.05) is 0 Å². The molecule has 2 aromatic rings. The highest BCUT2D eigenvalue weighted by molar-refractivity contribution is 7.91. The molecule has 168 valence electrons. The molecule has 31 heavy (non-hydrogen) atoms. The van der Waals surface area contributed by atoms with Crippen molar-refractivity contribution in [1.29, 1.82) is 0 Å². The van der Waals surface area contributed by atoms with Crippen molar-refractivity contribution in [2.45, 2.75) is 44.6 Å². The molecule has 3 fully saturated rings. The lowest BCUT2D eigenvalue weighted by molar-refractivity contribution is 0.204. The molecule has 2 aliphatic heterocycles. The first-order valence-electron chi connectivity index (χ1n) is 11.6. The summed E-state index contributed by atoms with van der Waals surface area (Å²) in [5.74, 6) is 1.96. The number of rotatable bonds is 5. The molecule has 3 aliphatic rings. The van der Waals surface area contributed by atoms with Gasteiger partial charge in [0.05, 0.1) is 22.4 Å². The summed E-state index contributed by atoms with van der Waals surface area (Å²) in [5, 5.41) is 0.998. The number of hydrogen-bond donors (Lipinski definition) is 0. The third kappa shape index (κ3) is 4.95. The summed E-state index contributed by atoms with van der Waals surface area (Å²) in [6, 6.07) is 6.40. The number of sulfone groups is 1. The van der Waals surface area contributed by atoms with Crippen LogP contribution in [0.5, 0.6) is 5.88 Å². The summed E-state index contributed by atoms with van der Waals surface area (Å²) >= 11 is 0. The molecule has 0 bridgehead atoms. The van der Waals surface area contributed by atoms with Crippen LogP contribution in [0.1, 0.15) is 38.5 Å². The van der Waals surface area contributed by atoms with Crippen LogP contribution in [0.2, 0.25) is 0 Å². The number of benzene rings is 1. The fourth-order valence-corrected chi connectivity index (χ4v) is 6.74. The summed E-state index contributed by atoms with van der Waals surface area (Å²) < 4.78 is 29.6. The Morgan fingerprint density at radius 3 is 2.45 bits per heavy atom. The lowest BCUT2D eigenvalue weighted by atomic mass is 10.0. The van der Waals surface area contributed by atoms with Crippen LogP contribution in [-0.4, -0.2) is 73.6 Å². The molecule has 7 nitrogen and oxygen atoms in total. The van der Waals surface area contributed by atoms with Crippen LogP contribution in [0, 0.1) is 5.92 Å². The molecule has 5 rings (SSSR count). The number of piperazine rings is 1. The summed E-state index contributed by atoms with van der Waals surface area (Å²) in [7, 11) is -2.78. The Morgan fingerprint density at radius 1 is 0.968 bits per heavy atom. The summed E-state index contributed by atoms with van der Waals surface area (Å²) in [6.45, 7) is 5.00. The molecule has 0 unspecified atom stereocenters. The Balaban J connectivity index is 1.22. The predicted molar refractivity (Wildman–Crippen MR) is 122 cm³/mol. The summed E-state index contributed by atoms with van der Waals surface area (Å²) in [6.07, 6.45) is 8.20. The standard InChI is InChI=1S/C23H32N4O3S/c28-31(29)13-7-18(8-14-31)16-26-9-11-27(12-10-26)19-5-6-22-21(15-19)23(25-17-24-22)30-20-3-1-2-4-20/h5-6,15,17-18,20H,1-4,7-14,16H2. The molecular weight excluding hydrogens is 412 g/mol. The molecule has 1 aliphatic carbocycles. The van der Waals surface area contributed by atoms with Gasteiger partial charge in [0.2, 0.25) is 5.88 Å². The van der Waals surface area contributed by atoms with Crippen LogP contribution in [-0.2, 0) is 9.84 Å². The molecule has 0 atom stereocenters. The van der Waals surface area contributed by atoms with Gasteiger partial charge in [-0.25, -0.2) is 18.4 Å². The molecule has 2 saturated heterocycles. The maximum Gasteiger partial charge on any atom is 0.224 e. The zero-order valence-electron chi connectivity index (χ0n) is 18.1. The largest absolute Gasteiger partial charge is 0.474 e. The van der Waals surface area contributed by atoms with E-state index in [1.54, 1.807) is 6.33 Å². The second kappa shape index (κ2) is 8.90. The van der Waals surface area contributed by atoms with E-state index in [4.69, 9.17) is 4.74 Å². The quantitative estimate of drug-likeness (QED) is 0.702. The van der Waals surface area contributed by atoms with Gasteiger partial charge in [0.15, 0.2) is 0 Å². The maximum absolute atomic E-state index is 11.7. The van der Waals surface area contributed by atoms with Crippen LogP contribution in [0.4, 0.5) is 5.69 Å². The number of fused-ring (bicyclic) bond motifs is 1. The number of aromatic nitrogens is 2. The average molecular weight is 445 g/mol. The van der Waals surface area contributed by atoms with Gasteiger partial charge in [0.25, 0.3) is 0 Å². The first-order chi connectivity index (χ1) is 15.1. The van der Waals surface area contributed by atoms with Crippen LogP contribution in [0.3, 0.4) is 0 Å². The van der Waals surface area contributed by atoms with Crippen LogP contribution in [0.25, 0.3) is 10.9 Å². The Kier molecular flexibility index (Phi) is 6.01. The lowest BCUT2D eigenvalue weighted by Crippen LogP contribution is -2.48. The van der Waals surface area contributed by atoms with Crippen molar-refractivity contribution in [3.05, 3.63) is 24.5 Å². The Bertz CT molecular complexity index is 1000. The third-order valence-electron chi connectivity index (χ3n) is 7.09. The number of hydrogen-bond acceptors (Lipinski definition) is 7. The zero-order chi connectivity index (χ0) is 21.3. The maximum atomic E-state index is 11.7. The predicted octanol–water partition coefficient (Wildman–Crippen LogP) is 2.90. The van der Waals surface area contributed by atoms with Crippen LogP contribution < -0.4 is 9.64 Å². The molecule has 0 radical (unpaired) electrons. The van der Waals surface area contributed by atoms with Crippen LogP contribution >= 0.6 is 0 Å². The second-order valence-electron chi connectivity index (χ2n) is 9.29. The van der Waals surface area contributed by atoms with Gasteiger partial charge < -0.3 is 9.64 Å². The molecule has 0 N–H and O–H groups in total. The highest BCUT2D eigenvalue weighted by Gasteiger charge is 2.27. The van der Waals surface area contributed by atoms with Crippen molar-refractivity contribution >= 4 is 26.4 Å². The normalized spacial score (nSPS) is 23.4. The van der Waals surface area contributed by atoms with Crippen molar-refractivity contribution < 1.29 is 13.2 Å². The molecule has 0 spiro atoms. The SMILES string of the molecule is O=S1(=O)CCC(CN2CCN(c3ccc4ncnc(OC5CCCC5)c4c3)CC2)CC1. The van der Waals surface area contributed by atoms with Crippen LogP contribution in [0.15, 0.2) is 24.5 Å². The Morgan fingerprint density at radius 2 is 1.71 bits per heavy atom. The van der Waals surface area contributed by atoms with E-state index in [0.29, 0.717) is 23.3 Å². The minimum Gasteiger partial charge on any atom is -0.474 e. The van der Waals surface area contributed by atoms with Gasteiger partial charge >= 0.3 is 0 Å². The van der Waals surface area contributed by atoms with E-state index in [0.717, 1.165) is 69.3 Å². The lowest BCUT2D eigenvalue weighted by Gasteiger charge is -2.38. The van der Waals surface area contributed by atoms with Gasteiger partial charge in [0, 0.05) is 38.4 Å². The van der Waals surface area contributed by atoms with Crippen molar-refractivity contribution in [2.24, 2.45) is 5.92 Å². The first-order valence-corrected chi connectivity index (χ1v) is 13.5. The molecule has 0 amide bonds. The van der Waals surface area contributed by atoms with E-state index in [-0.39, 0.29) is 6.10 Å². The van der Waals surface area contributed by atoms with Gasteiger partial charge in [-0.15, -0.1) is 0 Å². The fourth-order valence-electron chi connectivity index (χ4n) is 5.15. The molecule has 1 saturated carbocycles. The second-order valence-corrected chi connectivity index (χ2v) is 11.6. The third-order valence-corrected chi connectivity index (χ3v) is 8.81. The van der Waals surface area contributed by atoms with Crippen molar-refractivity contribution in [3.8, 4) is 5.88 Å². The molecule has 3 heterocycles.